The molecule has 0 aliphatic heterocycles. The minimum absolute atomic E-state index is 0.251. The second-order valence-corrected chi connectivity index (χ2v) is 5.17. The monoisotopic (exact) mass is 323 g/mol. The molecule has 0 unspecified atom stereocenters. The maximum Gasteiger partial charge on any atom is 0.277 e. The van der Waals surface area contributed by atoms with Crippen LogP contribution in [-0.2, 0) is 0 Å². The third kappa shape index (κ3) is 2.93. The molecule has 0 fully saturated rings. The van der Waals surface area contributed by atoms with E-state index in [2.05, 4.69) is 36.4 Å². The summed E-state index contributed by atoms with van der Waals surface area (Å²) in [5.74, 6) is 0.351. The molecule has 2 aromatic rings. The Bertz CT molecular complexity index is 591. The fourth-order valence-corrected chi connectivity index (χ4v) is 2.36. The fraction of sp³-hybridized carbons (Fsp3) is 0.250. The highest BCUT2D eigenvalue weighted by Gasteiger charge is 2.19. The standard InChI is InChI=1S/C12H14BrN5O/c1-6(2)10-9(13)11(18-17-10)12(19)16-7-3-4-8(14)15-5-7/h3-6H,1-2H3,(H2,14,15)(H,16,19)(H,17,18). The Hall–Kier alpha value is -1.89. The molecule has 6 nitrogen and oxygen atoms in total. The van der Waals surface area contributed by atoms with Crippen LogP contribution in [0.3, 0.4) is 0 Å². The minimum Gasteiger partial charge on any atom is -0.384 e. The van der Waals surface area contributed by atoms with E-state index in [4.69, 9.17) is 5.73 Å². The number of nitrogens with two attached hydrogens (primary N) is 1. The lowest BCUT2D eigenvalue weighted by Gasteiger charge is -2.04. The van der Waals surface area contributed by atoms with Crippen LogP contribution in [0, 0.1) is 0 Å². The summed E-state index contributed by atoms with van der Waals surface area (Å²) in [7, 11) is 0. The first-order valence-corrected chi connectivity index (χ1v) is 6.55. The summed E-state index contributed by atoms with van der Waals surface area (Å²) in [5, 5.41) is 9.59. The fourth-order valence-electron chi connectivity index (χ4n) is 1.54. The van der Waals surface area contributed by atoms with Crippen LogP contribution in [0.2, 0.25) is 0 Å². The highest BCUT2D eigenvalue weighted by Crippen LogP contribution is 2.26. The molecule has 2 aromatic heterocycles. The molecule has 0 aliphatic rings. The number of carbonyl (C=O) groups is 1. The number of halogens is 1. The molecule has 0 spiro atoms. The molecular formula is C12H14BrN5O. The topological polar surface area (TPSA) is 96.7 Å². The first-order valence-electron chi connectivity index (χ1n) is 5.75. The Labute approximate surface area is 118 Å². The molecule has 7 heteroatoms. The van der Waals surface area contributed by atoms with Gasteiger partial charge in [0.25, 0.3) is 5.91 Å². The largest absolute Gasteiger partial charge is 0.384 e. The number of rotatable bonds is 3. The Morgan fingerprint density at radius 3 is 2.74 bits per heavy atom. The van der Waals surface area contributed by atoms with Gasteiger partial charge < -0.3 is 11.1 Å². The number of nitrogen functional groups attached to an aromatic ring is 1. The molecule has 0 radical (unpaired) electrons. The van der Waals surface area contributed by atoms with Crippen molar-refractivity contribution in [3.63, 3.8) is 0 Å². The maximum absolute atomic E-state index is 12.1. The molecule has 4 N–H and O–H groups in total. The third-order valence-electron chi connectivity index (χ3n) is 2.57. The number of aromatic amines is 1. The summed E-state index contributed by atoms with van der Waals surface area (Å²) < 4.78 is 0.684. The average Bonchev–Trinajstić information content (AvgIpc) is 2.74. The van der Waals surface area contributed by atoms with Crippen molar-refractivity contribution in [2.75, 3.05) is 11.1 Å². The van der Waals surface area contributed by atoms with E-state index >= 15 is 0 Å². The van der Waals surface area contributed by atoms with E-state index in [0.717, 1.165) is 5.69 Å². The average molecular weight is 324 g/mol. The molecule has 100 valence electrons. The van der Waals surface area contributed by atoms with Crippen LogP contribution in [0.25, 0.3) is 0 Å². The highest BCUT2D eigenvalue weighted by atomic mass is 79.9. The summed E-state index contributed by atoms with van der Waals surface area (Å²) in [6.45, 7) is 4.04. The van der Waals surface area contributed by atoms with Gasteiger partial charge in [-0.05, 0) is 34.0 Å². The molecular weight excluding hydrogens is 310 g/mol. The van der Waals surface area contributed by atoms with Gasteiger partial charge in [-0.3, -0.25) is 9.89 Å². The molecule has 19 heavy (non-hydrogen) atoms. The van der Waals surface area contributed by atoms with Crippen molar-refractivity contribution in [2.24, 2.45) is 0 Å². The number of hydrogen-bond donors (Lipinski definition) is 3. The third-order valence-corrected chi connectivity index (χ3v) is 3.37. The van der Waals surface area contributed by atoms with Gasteiger partial charge >= 0.3 is 0 Å². The van der Waals surface area contributed by atoms with Gasteiger partial charge in [-0.25, -0.2) is 4.98 Å². The van der Waals surface area contributed by atoms with Gasteiger partial charge in [0, 0.05) is 0 Å². The number of anilines is 2. The van der Waals surface area contributed by atoms with Gasteiger partial charge in [0.2, 0.25) is 0 Å². The molecule has 0 aromatic carbocycles. The van der Waals surface area contributed by atoms with Crippen molar-refractivity contribution in [1.29, 1.82) is 0 Å². The number of amides is 1. The molecule has 0 saturated carbocycles. The second kappa shape index (κ2) is 5.40. The summed E-state index contributed by atoms with van der Waals surface area (Å²) >= 11 is 3.39. The maximum atomic E-state index is 12.1. The van der Waals surface area contributed by atoms with Gasteiger partial charge in [0.05, 0.1) is 22.1 Å². The van der Waals surface area contributed by atoms with E-state index in [1.165, 1.54) is 6.20 Å². The Kier molecular flexibility index (Phi) is 3.84. The lowest BCUT2D eigenvalue weighted by Crippen LogP contribution is -2.13. The van der Waals surface area contributed by atoms with Gasteiger partial charge in [-0.2, -0.15) is 5.10 Å². The number of nitrogens with zero attached hydrogens (tertiary/aromatic N) is 2. The summed E-state index contributed by atoms with van der Waals surface area (Å²) in [4.78, 5) is 16.0. The number of nitrogens with one attached hydrogen (secondary N) is 2. The van der Waals surface area contributed by atoms with Crippen LogP contribution >= 0.6 is 15.9 Å². The highest BCUT2D eigenvalue weighted by molar-refractivity contribution is 9.10. The number of H-pyrrole nitrogens is 1. The molecule has 0 aliphatic carbocycles. The lowest BCUT2D eigenvalue weighted by atomic mass is 10.1. The zero-order chi connectivity index (χ0) is 14.0. The van der Waals surface area contributed by atoms with Crippen molar-refractivity contribution in [3.05, 3.63) is 34.2 Å². The quantitative estimate of drug-likeness (QED) is 0.808. The van der Waals surface area contributed by atoms with Crippen LogP contribution < -0.4 is 11.1 Å². The van der Waals surface area contributed by atoms with E-state index in [1.807, 2.05) is 13.8 Å². The second-order valence-electron chi connectivity index (χ2n) is 4.38. The van der Waals surface area contributed by atoms with Crippen LogP contribution in [0.1, 0.15) is 35.9 Å². The van der Waals surface area contributed by atoms with E-state index in [9.17, 15) is 4.79 Å². The summed E-state index contributed by atoms with van der Waals surface area (Å²) in [5.41, 5.74) is 7.26. The minimum atomic E-state index is -0.304. The normalized spacial score (nSPS) is 10.7. The van der Waals surface area contributed by atoms with Gasteiger partial charge in [0.15, 0.2) is 5.69 Å². The smallest absolute Gasteiger partial charge is 0.277 e. The zero-order valence-electron chi connectivity index (χ0n) is 10.6. The molecule has 2 rings (SSSR count). The van der Waals surface area contributed by atoms with E-state index in [0.29, 0.717) is 21.7 Å². The molecule has 2 heterocycles. The van der Waals surface area contributed by atoms with Crippen LogP contribution in [0.15, 0.2) is 22.8 Å². The first kappa shape index (κ1) is 13.5. The Morgan fingerprint density at radius 2 is 2.21 bits per heavy atom. The predicted octanol–water partition coefficient (Wildman–Crippen LogP) is 2.53. The predicted molar refractivity (Wildman–Crippen MR) is 77.0 cm³/mol. The first-order chi connectivity index (χ1) is 8.99. The Morgan fingerprint density at radius 1 is 1.47 bits per heavy atom. The molecule has 0 bridgehead atoms. The SMILES string of the molecule is CC(C)c1[nH]nc(C(=O)Nc2ccc(N)nc2)c1Br. The van der Waals surface area contributed by atoms with Crippen molar-refractivity contribution in [1.82, 2.24) is 15.2 Å². The lowest BCUT2D eigenvalue weighted by molar-refractivity contribution is 0.102. The summed E-state index contributed by atoms with van der Waals surface area (Å²) in [6.07, 6.45) is 1.50. The Balaban J connectivity index is 2.18. The van der Waals surface area contributed by atoms with Crippen molar-refractivity contribution in [3.8, 4) is 0 Å². The van der Waals surface area contributed by atoms with Crippen LogP contribution in [0.5, 0.6) is 0 Å². The molecule has 1 amide bonds. The van der Waals surface area contributed by atoms with E-state index in [-0.39, 0.29) is 11.8 Å². The summed E-state index contributed by atoms with van der Waals surface area (Å²) in [6, 6.07) is 3.30. The number of aromatic nitrogens is 3. The van der Waals surface area contributed by atoms with Gasteiger partial charge in [-0.15, -0.1) is 0 Å². The number of hydrogen-bond acceptors (Lipinski definition) is 4. The van der Waals surface area contributed by atoms with E-state index < -0.39 is 0 Å². The van der Waals surface area contributed by atoms with Crippen LogP contribution in [0.4, 0.5) is 11.5 Å². The molecule has 0 saturated heterocycles. The zero-order valence-corrected chi connectivity index (χ0v) is 12.2. The van der Waals surface area contributed by atoms with Crippen molar-refractivity contribution in [2.45, 2.75) is 19.8 Å². The van der Waals surface area contributed by atoms with Crippen molar-refractivity contribution >= 4 is 33.3 Å². The molecule has 0 atom stereocenters. The van der Waals surface area contributed by atoms with Crippen molar-refractivity contribution < 1.29 is 4.79 Å². The van der Waals surface area contributed by atoms with Crippen LogP contribution in [-0.4, -0.2) is 21.1 Å². The van der Waals surface area contributed by atoms with Gasteiger partial charge in [-0.1, -0.05) is 13.8 Å². The number of pyridine rings is 1. The van der Waals surface area contributed by atoms with E-state index in [1.54, 1.807) is 12.1 Å². The number of carbonyl (C=O) groups excluding carboxylic acids is 1. The van der Waals surface area contributed by atoms with Gasteiger partial charge in [0.1, 0.15) is 5.82 Å².